The number of hydrogen-bond donors (Lipinski definition) is 2. The van der Waals surface area contributed by atoms with Crippen LogP contribution in [0, 0.1) is 0 Å². The number of carbonyl (C=O) groups is 1. The van der Waals surface area contributed by atoms with Gasteiger partial charge in [-0.1, -0.05) is 51.2 Å². The molecule has 0 spiro atoms. The Kier molecular flexibility index (Phi) is 6.84. The molecule has 0 heterocycles. The Hall–Kier alpha value is -1.40. The Morgan fingerprint density at radius 2 is 1.71 bits per heavy atom. The summed E-state index contributed by atoms with van der Waals surface area (Å²) in [7, 11) is -4.54. The van der Waals surface area contributed by atoms with Crippen LogP contribution in [-0.2, 0) is 16.5 Å². The van der Waals surface area contributed by atoms with Gasteiger partial charge < -0.3 is 5.11 Å². The van der Waals surface area contributed by atoms with Crippen LogP contribution in [-0.4, -0.2) is 24.0 Å². The zero-order chi connectivity index (χ0) is 15.9. The molecule has 0 saturated carbocycles. The van der Waals surface area contributed by atoms with E-state index in [1.807, 2.05) is 0 Å². The SMILES string of the molecule is CCCCCCCCc1cccc(C(=O)O)c1S(=O)(=O)O. The highest BCUT2D eigenvalue weighted by atomic mass is 32.2. The molecule has 2 N–H and O–H groups in total. The minimum atomic E-state index is -4.54. The first-order chi connectivity index (χ1) is 9.88. The van der Waals surface area contributed by atoms with Gasteiger partial charge in [0.2, 0.25) is 0 Å². The summed E-state index contributed by atoms with van der Waals surface area (Å²) in [5.41, 5.74) is -0.00567. The van der Waals surface area contributed by atoms with Gasteiger partial charge in [-0.3, -0.25) is 4.55 Å². The molecule has 1 rings (SSSR count). The van der Waals surface area contributed by atoms with Crippen molar-refractivity contribution in [1.82, 2.24) is 0 Å². The number of aryl methyl sites for hydroxylation is 1. The third-order valence-corrected chi connectivity index (χ3v) is 4.38. The lowest BCUT2D eigenvalue weighted by Crippen LogP contribution is -2.11. The molecule has 0 aliphatic carbocycles. The molecule has 1 aromatic carbocycles. The van der Waals surface area contributed by atoms with Gasteiger partial charge in [0.1, 0.15) is 4.90 Å². The largest absolute Gasteiger partial charge is 0.478 e. The summed E-state index contributed by atoms with van der Waals surface area (Å²) in [6.07, 6.45) is 6.75. The Morgan fingerprint density at radius 1 is 1.10 bits per heavy atom. The number of hydrogen-bond acceptors (Lipinski definition) is 3. The standard InChI is InChI=1S/C15H22O5S/c1-2-3-4-5-6-7-9-12-10-8-11-13(15(16)17)14(12)21(18,19)20/h8,10-11H,2-7,9H2,1H3,(H,16,17)(H,18,19,20). The molecular weight excluding hydrogens is 292 g/mol. The molecule has 0 atom stereocenters. The molecule has 5 nitrogen and oxygen atoms in total. The third kappa shape index (κ3) is 5.47. The van der Waals surface area contributed by atoms with E-state index < -0.39 is 21.0 Å². The molecule has 0 radical (unpaired) electrons. The van der Waals surface area contributed by atoms with Crippen molar-refractivity contribution in [3.8, 4) is 0 Å². The van der Waals surface area contributed by atoms with Gasteiger partial charge >= 0.3 is 5.97 Å². The van der Waals surface area contributed by atoms with Crippen molar-refractivity contribution in [3.63, 3.8) is 0 Å². The van der Waals surface area contributed by atoms with E-state index in [9.17, 15) is 17.8 Å². The van der Waals surface area contributed by atoms with E-state index in [1.54, 1.807) is 6.07 Å². The molecule has 1 aromatic rings. The summed E-state index contributed by atoms with van der Waals surface area (Å²) in [5.74, 6) is -1.35. The van der Waals surface area contributed by atoms with Crippen LogP contribution >= 0.6 is 0 Å². The highest BCUT2D eigenvalue weighted by Crippen LogP contribution is 2.23. The molecule has 6 heteroatoms. The highest BCUT2D eigenvalue weighted by molar-refractivity contribution is 7.86. The summed E-state index contributed by atoms with van der Waals surface area (Å²) in [4.78, 5) is 10.6. The number of aromatic carboxylic acids is 1. The predicted octanol–water partition coefficient (Wildman–Crippen LogP) is 3.53. The van der Waals surface area contributed by atoms with Crippen molar-refractivity contribution in [3.05, 3.63) is 29.3 Å². The van der Waals surface area contributed by atoms with Gasteiger partial charge in [-0.25, -0.2) is 4.79 Å². The van der Waals surface area contributed by atoms with Gasteiger partial charge in [0.05, 0.1) is 5.56 Å². The van der Waals surface area contributed by atoms with Crippen LogP contribution in [0.2, 0.25) is 0 Å². The first-order valence-corrected chi connectivity index (χ1v) is 8.64. The quantitative estimate of drug-likeness (QED) is 0.537. The number of unbranched alkanes of at least 4 members (excludes halogenated alkanes) is 5. The minimum absolute atomic E-state index is 0.368. The van der Waals surface area contributed by atoms with Crippen molar-refractivity contribution in [1.29, 1.82) is 0 Å². The second-order valence-electron chi connectivity index (χ2n) is 5.09. The van der Waals surface area contributed by atoms with Gasteiger partial charge in [-0.05, 0) is 24.5 Å². The lowest BCUT2D eigenvalue weighted by Gasteiger charge is -2.10. The van der Waals surface area contributed by atoms with E-state index >= 15 is 0 Å². The van der Waals surface area contributed by atoms with Gasteiger partial charge in [-0.15, -0.1) is 0 Å². The number of benzene rings is 1. The van der Waals surface area contributed by atoms with E-state index in [-0.39, 0.29) is 5.56 Å². The Labute approximate surface area is 125 Å². The summed E-state index contributed by atoms with van der Waals surface area (Å²) in [6.45, 7) is 2.13. The van der Waals surface area contributed by atoms with Gasteiger partial charge in [0, 0.05) is 0 Å². The second-order valence-corrected chi connectivity index (χ2v) is 6.45. The Bertz CT molecular complexity index is 578. The summed E-state index contributed by atoms with van der Waals surface area (Å²) in [6, 6.07) is 4.25. The van der Waals surface area contributed by atoms with Crippen LogP contribution in [0.25, 0.3) is 0 Å². The first kappa shape index (κ1) is 17.7. The van der Waals surface area contributed by atoms with E-state index in [1.165, 1.54) is 18.6 Å². The maximum atomic E-state index is 11.4. The molecule has 0 aliphatic rings. The Balaban J connectivity index is 2.83. The molecule has 0 fully saturated rings. The summed E-state index contributed by atoms with van der Waals surface area (Å²) < 4.78 is 32.2. The number of carboxylic acid groups (broad SMARTS) is 1. The lowest BCUT2D eigenvalue weighted by atomic mass is 10.0. The van der Waals surface area contributed by atoms with E-state index in [0.717, 1.165) is 32.1 Å². The zero-order valence-electron chi connectivity index (χ0n) is 12.2. The molecule has 0 saturated heterocycles. The minimum Gasteiger partial charge on any atom is -0.478 e. The van der Waals surface area contributed by atoms with Crippen LogP contribution in [0.1, 0.15) is 61.4 Å². The van der Waals surface area contributed by atoms with Crippen LogP contribution in [0.4, 0.5) is 0 Å². The van der Waals surface area contributed by atoms with Gasteiger partial charge in [-0.2, -0.15) is 8.42 Å². The maximum Gasteiger partial charge on any atom is 0.337 e. The third-order valence-electron chi connectivity index (χ3n) is 3.38. The zero-order valence-corrected chi connectivity index (χ0v) is 13.0. The van der Waals surface area contributed by atoms with Gasteiger partial charge in [0.25, 0.3) is 10.1 Å². The van der Waals surface area contributed by atoms with Crippen molar-refractivity contribution < 1.29 is 22.9 Å². The van der Waals surface area contributed by atoms with Gasteiger partial charge in [0.15, 0.2) is 0 Å². The van der Waals surface area contributed by atoms with E-state index in [2.05, 4.69) is 6.92 Å². The molecule has 0 aliphatic heterocycles. The van der Waals surface area contributed by atoms with Crippen LogP contribution in [0.15, 0.2) is 23.1 Å². The number of rotatable bonds is 9. The molecule has 0 aromatic heterocycles. The van der Waals surface area contributed by atoms with Crippen molar-refractivity contribution in [2.24, 2.45) is 0 Å². The summed E-state index contributed by atoms with van der Waals surface area (Å²) >= 11 is 0. The van der Waals surface area contributed by atoms with Crippen molar-refractivity contribution in [2.45, 2.75) is 56.8 Å². The van der Waals surface area contributed by atoms with Crippen molar-refractivity contribution >= 4 is 16.1 Å². The maximum absolute atomic E-state index is 11.4. The molecule has 0 amide bonds. The van der Waals surface area contributed by atoms with Crippen LogP contribution in [0.3, 0.4) is 0 Å². The molecule has 0 unspecified atom stereocenters. The van der Waals surface area contributed by atoms with Crippen molar-refractivity contribution in [2.75, 3.05) is 0 Å². The molecular formula is C15H22O5S. The fourth-order valence-electron chi connectivity index (χ4n) is 2.35. The van der Waals surface area contributed by atoms with Crippen LogP contribution in [0.5, 0.6) is 0 Å². The smallest absolute Gasteiger partial charge is 0.337 e. The second kappa shape index (κ2) is 8.14. The fourth-order valence-corrected chi connectivity index (χ4v) is 3.29. The average Bonchev–Trinajstić information content (AvgIpc) is 2.41. The molecule has 118 valence electrons. The molecule has 0 bridgehead atoms. The average molecular weight is 314 g/mol. The predicted molar refractivity (Wildman–Crippen MR) is 80.3 cm³/mol. The lowest BCUT2D eigenvalue weighted by molar-refractivity contribution is 0.0692. The topological polar surface area (TPSA) is 91.7 Å². The highest BCUT2D eigenvalue weighted by Gasteiger charge is 2.23. The fraction of sp³-hybridized carbons (Fsp3) is 0.533. The summed E-state index contributed by atoms with van der Waals surface area (Å²) in [5, 5.41) is 9.05. The monoisotopic (exact) mass is 314 g/mol. The van der Waals surface area contributed by atoms with E-state index in [0.29, 0.717) is 12.0 Å². The number of carboxylic acids is 1. The van der Waals surface area contributed by atoms with Crippen LogP contribution < -0.4 is 0 Å². The normalized spacial score (nSPS) is 11.5. The first-order valence-electron chi connectivity index (χ1n) is 7.20. The molecule has 21 heavy (non-hydrogen) atoms. The Morgan fingerprint density at radius 3 is 2.29 bits per heavy atom. The van der Waals surface area contributed by atoms with E-state index in [4.69, 9.17) is 5.11 Å².